The summed E-state index contributed by atoms with van der Waals surface area (Å²) >= 11 is 1.40. The molecule has 0 aliphatic rings. The fraction of sp³-hybridized carbons (Fsp3) is 0.273. The molecule has 0 spiro atoms. The van der Waals surface area contributed by atoms with E-state index in [1.54, 1.807) is 12.4 Å². The molecule has 3 rings (SSSR count). The molecule has 19 heavy (non-hydrogen) atoms. The number of nitrogens with zero attached hydrogens (tertiary/aromatic N) is 6. The van der Waals surface area contributed by atoms with Crippen molar-refractivity contribution >= 4 is 17.4 Å². The number of rotatable bonds is 3. The van der Waals surface area contributed by atoms with Crippen molar-refractivity contribution in [3.8, 4) is 0 Å². The van der Waals surface area contributed by atoms with Crippen LogP contribution < -0.4 is 0 Å². The third-order valence-corrected chi connectivity index (χ3v) is 3.90. The lowest BCUT2D eigenvalue weighted by atomic mass is 10.5. The first-order chi connectivity index (χ1) is 9.20. The van der Waals surface area contributed by atoms with Crippen molar-refractivity contribution in [2.24, 2.45) is 7.05 Å². The molecular formula is C11H12N6OS. The van der Waals surface area contributed by atoms with Crippen LogP contribution in [0.25, 0.3) is 5.65 Å². The topological polar surface area (TPSA) is 81.1 Å². The molecule has 0 unspecified atom stereocenters. The van der Waals surface area contributed by atoms with Crippen LogP contribution in [0.3, 0.4) is 0 Å². The van der Waals surface area contributed by atoms with Gasteiger partial charge in [-0.25, -0.2) is 9.97 Å². The van der Waals surface area contributed by atoms with Crippen molar-refractivity contribution in [1.29, 1.82) is 0 Å². The van der Waals surface area contributed by atoms with E-state index in [4.69, 9.17) is 5.11 Å². The number of fused-ring (bicyclic) bond motifs is 1. The Morgan fingerprint density at radius 1 is 1.32 bits per heavy atom. The van der Waals surface area contributed by atoms with Gasteiger partial charge in [-0.3, -0.25) is 4.40 Å². The van der Waals surface area contributed by atoms with Crippen molar-refractivity contribution in [2.45, 2.75) is 23.7 Å². The van der Waals surface area contributed by atoms with Gasteiger partial charge in [-0.2, -0.15) is 0 Å². The van der Waals surface area contributed by atoms with Gasteiger partial charge in [-0.1, -0.05) is 0 Å². The summed E-state index contributed by atoms with van der Waals surface area (Å²) in [6, 6.07) is 0. The number of aryl methyl sites for hydroxylation is 1. The Morgan fingerprint density at radius 3 is 2.89 bits per heavy atom. The summed E-state index contributed by atoms with van der Waals surface area (Å²) in [6.07, 6.45) is 5.19. The highest BCUT2D eigenvalue weighted by molar-refractivity contribution is 7.99. The van der Waals surface area contributed by atoms with Gasteiger partial charge in [0.25, 0.3) is 0 Å². The largest absolute Gasteiger partial charge is 0.390 e. The van der Waals surface area contributed by atoms with Crippen molar-refractivity contribution in [3.05, 3.63) is 30.1 Å². The highest BCUT2D eigenvalue weighted by Crippen LogP contribution is 2.27. The molecule has 3 heterocycles. The molecule has 0 atom stereocenters. The van der Waals surface area contributed by atoms with E-state index < -0.39 is 0 Å². The third kappa shape index (κ3) is 1.98. The monoisotopic (exact) mass is 276 g/mol. The van der Waals surface area contributed by atoms with Crippen LogP contribution in [0.1, 0.15) is 11.5 Å². The van der Waals surface area contributed by atoms with Gasteiger partial charge in [0.1, 0.15) is 10.9 Å². The van der Waals surface area contributed by atoms with Gasteiger partial charge in [-0.05, 0) is 18.7 Å². The van der Waals surface area contributed by atoms with E-state index in [1.165, 1.54) is 11.8 Å². The maximum absolute atomic E-state index is 9.16. The summed E-state index contributed by atoms with van der Waals surface area (Å²) in [6.45, 7) is 1.85. The lowest BCUT2D eigenvalue weighted by Gasteiger charge is -2.04. The van der Waals surface area contributed by atoms with Gasteiger partial charge < -0.3 is 9.67 Å². The predicted octanol–water partition coefficient (Wildman–Crippen LogP) is 0.810. The van der Waals surface area contributed by atoms with Crippen LogP contribution in [0.2, 0.25) is 0 Å². The van der Waals surface area contributed by atoms with Crippen LogP contribution in [-0.2, 0) is 13.7 Å². The summed E-state index contributed by atoms with van der Waals surface area (Å²) in [5, 5.41) is 18.8. The highest BCUT2D eigenvalue weighted by Gasteiger charge is 2.13. The van der Waals surface area contributed by atoms with Crippen LogP contribution in [0.4, 0.5) is 0 Å². The molecule has 98 valence electrons. The zero-order valence-corrected chi connectivity index (χ0v) is 11.3. The standard InChI is InChI=1S/C11H12N6OS/c1-7-14-15-9-10(12-3-4-17(7)9)19-11-13-5-8(6-18)16(11)2/h3-5,18H,6H2,1-2H3. The highest BCUT2D eigenvalue weighted by atomic mass is 32.2. The molecule has 7 nitrogen and oxygen atoms in total. The molecule has 0 radical (unpaired) electrons. The summed E-state index contributed by atoms with van der Waals surface area (Å²) in [7, 11) is 1.86. The summed E-state index contributed by atoms with van der Waals surface area (Å²) in [5.74, 6) is 0.815. The van der Waals surface area contributed by atoms with Crippen LogP contribution >= 0.6 is 11.8 Å². The molecule has 8 heteroatoms. The fourth-order valence-corrected chi connectivity index (χ4v) is 2.62. The van der Waals surface area contributed by atoms with E-state index in [0.29, 0.717) is 5.65 Å². The van der Waals surface area contributed by atoms with Crippen molar-refractivity contribution < 1.29 is 5.11 Å². The Balaban J connectivity index is 2.03. The second-order valence-corrected chi connectivity index (χ2v) is 4.98. The van der Waals surface area contributed by atoms with Gasteiger partial charge in [0, 0.05) is 19.4 Å². The second kappa shape index (κ2) is 4.63. The maximum atomic E-state index is 9.16. The van der Waals surface area contributed by atoms with Crippen LogP contribution in [-0.4, -0.2) is 34.2 Å². The molecule has 3 aromatic rings. The van der Waals surface area contributed by atoms with Gasteiger partial charge in [0.2, 0.25) is 0 Å². The Bertz CT molecular complexity index is 734. The van der Waals surface area contributed by atoms with Gasteiger partial charge in [-0.15, -0.1) is 10.2 Å². The SMILES string of the molecule is Cc1nnc2c(Sc3ncc(CO)n3C)nccn12. The van der Waals surface area contributed by atoms with E-state index in [0.717, 1.165) is 21.7 Å². The third-order valence-electron chi connectivity index (χ3n) is 2.86. The van der Waals surface area contributed by atoms with Crippen molar-refractivity contribution in [2.75, 3.05) is 0 Å². The van der Waals surface area contributed by atoms with E-state index in [2.05, 4.69) is 20.2 Å². The normalized spacial score (nSPS) is 11.3. The van der Waals surface area contributed by atoms with Gasteiger partial charge in [0.15, 0.2) is 10.8 Å². The molecular weight excluding hydrogens is 264 g/mol. The number of aliphatic hydroxyl groups is 1. The van der Waals surface area contributed by atoms with Crippen LogP contribution in [0, 0.1) is 6.92 Å². The Kier molecular flexibility index (Phi) is 2.96. The Morgan fingerprint density at radius 2 is 2.16 bits per heavy atom. The first-order valence-electron chi connectivity index (χ1n) is 5.66. The van der Waals surface area contributed by atoms with Crippen LogP contribution in [0.5, 0.6) is 0 Å². The van der Waals surface area contributed by atoms with Gasteiger partial charge >= 0.3 is 0 Å². The van der Waals surface area contributed by atoms with Crippen molar-refractivity contribution in [3.63, 3.8) is 0 Å². The molecule has 0 aliphatic carbocycles. The van der Waals surface area contributed by atoms with E-state index in [9.17, 15) is 0 Å². The Hall–Kier alpha value is -1.93. The maximum Gasteiger partial charge on any atom is 0.193 e. The molecule has 0 aromatic carbocycles. The number of aromatic nitrogens is 6. The number of hydrogen-bond donors (Lipinski definition) is 1. The number of aliphatic hydroxyl groups excluding tert-OH is 1. The molecule has 3 aromatic heterocycles. The zero-order valence-electron chi connectivity index (χ0n) is 10.5. The summed E-state index contributed by atoms with van der Waals surface area (Å²) < 4.78 is 3.71. The number of imidazole rings is 1. The first-order valence-corrected chi connectivity index (χ1v) is 6.48. The smallest absolute Gasteiger partial charge is 0.193 e. The lowest BCUT2D eigenvalue weighted by Crippen LogP contribution is -1.98. The molecule has 0 fully saturated rings. The Labute approximate surface area is 113 Å². The molecule has 0 amide bonds. The minimum atomic E-state index is -0.0360. The fourth-order valence-electron chi connectivity index (χ4n) is 1.75. The zero-order chi connectivity index (χ0) is 13.4. The quantitative estimate of drug-likeness (QED) is 0.762. The molecule has 1 N–H and O–H groups in total. The molecule has 0 saturated heterocycles. The molecule has 0 bridgehead atoms. The lowest BCUT2D eigenvalue weighted by molar-refractivity contribution is 0.271. The average molecular weight is 276 g/mol. The minimum absolute atomic E-state index is 0.0360. The van der Waals surface area contributed by atoms with E-state index in [1.807, 2.05) is 29.1 Å². The minimum Gasteiger partial charge on any atom is -0.390 e. The first kappa shape index (κ1) is 12.1. The van der Waals surface area contributed by atoms with Crippen molar-refractivity contribution in [1.82, 2.24) is 29.1 Å². The second-order valence-electron chi connectivity index (χ2n) is 4.02. The van der Waals surface area contributed by atoms with E-state index in [-0.39, 0.29) is 6.61 Å². The van der Waals surface area contributed by atoms with E-state index >= 15 is 0 Å². The predicted molar refractivity (Wildman–Crippen MR) is 68.8 cm³/mol. The number of hydrogen-bond acceptors (Lipinski definition) is 6. The summed E-state index contributed by atoms with van der Waals surface area (Å²) in [4.78, 5) is 8.58. The average Bonchev–Trinajstić information content (AvgIpc) is 2.96. The van der Waals surface area contributed by atoms with Gasteiger partial charge in [0.05, 0.1) is 18.5 Å². The van der Waals surface area contributed by atoms with Crippen LogP contribution in [0.15, 0.2) is 28.8 Å². The summed E-state index contributed by atoms with van der Waals surface area (Å²) in [5.41, 5.74) is 1.46. The molecule has 0 saturated carbocycles. The molecule has 0 aliphatic heterocycles.